The van der Waals surface area contributed by atoms with Gasteiger partial charge in [0.25, 0.3) is 5.91 Å². The Hall–Kier alpha value is -2.61. The van der Waals surface area contributed by atoms with Gasteiger partial charge in [-0.1, -0.05) is 6.92 Å². The third-order valence-corrected chi connectivity index (χ3v) is 6.25. The van der Waals surface area contributed by atoms with Gasteiger partial charge in [-0.25, -0.2) is 0 Å². The highest BCUT2D eigenvalue weighted by Crippen LogP contribution is 2.33. The van der Waals surface area contributed by atoms with Crippen LogP contribution in [0.15, 0.2) is 18.2 Å². The van der Waals surface area contributed by atoms with E-state index < -0.39 is 0 Å². The van der Waals surface area contributed by atoms with Gasteiger partial charge in [0.05, 0.1) is 17.7 Å². The van der Waals surface area contributed by atoms with Gasteiger partial charge in [-0.3, -0.25) is 14.4 Å². The Labute approximate surface area is 190 Å². The summed E-state index contributed by atoms with van der Waals surface area (Å²) in [6, 6.07) is 4.88. The molecule has 1 aliphatic heterocycles. The van der Waals surface area contributed by atoms with Crippen molar-refractivity contribution in [1.82, 2.24) is 9.80 Å². The van der Waals surface area contributed by atoms with E-state index in [1.54, 1.807) is 37.3 Å². The zero-order chi connectivity index (χ0) is 23.4. The van der Waals surface area contributed by atoms with E-state index in [4.69, 9.17) is 9.47 Å². The fourth-order valence-electron chi connectivity index (χ4n) is 4.09. The van der Waals surface area contributed by atoms with E-state index in [1.165, 1.54) is 6.92 Å². The molecule has 0 saturated heterocycles. The molecule has 1 heterocycles. The number of carbonyl (C=O) groups is 3. The molecule has 0 unspecified atom stereocenters. The van der Waals surface area contributed by atoms with E-state index >= 15 is 0 Å². The van der Waals surface area contributed by atoms with Crippen molar-refractivity contribution in [2.24, 2.45) is 11.8 Å². The van der Waals surface area contributed by atoms with Crippen LogP contribution in [0.3, 0.4) is 0 Å². The van der Waals surface area contributed by atoms with Crippen LogP contribution in [0, 0.1) is 11.8 Å². The zero-order valence-corrected chi connectivity index (χ0v) is 19.7. The number of fused-ring (bicyclic) bond motifs is 1. The molecule has 1 saturated carbocycles. The Bertz CT molecular complexity index is 854. The number of methoxy groups -OCH3 is 1. The Morgan fingerprint density at radius 3 is 2.56 bits per heavy atom. The van der Waals surface area contributed by atoms with Crippen LogP contribution in [-0.2, 0) is 14.3 Å². The van der Waals surface area contributed by atoms with Crippen molar-refractivity contribution in [3.8, 4) is 5.75 Å². The number of hydrogen-bond acceptors (Lipinski definition) is 5. The molecule has 0 aromatic heterocycles. The molecule has 0 bridgehead atoms. The molecule has 3 atom stereocenters. The molecule has 1 aromatic rings. The fraction of sp³-hybridized carbons (Fsp3) is 0.625. The second-order valence-corrected chi connectivity index (χ2v) is 9.18. The molecule has 8 nitrogen and oxygen atoms in total. The third-order valence-electron chi connectivity index (χ3n) is 6.25. The molecule has 1 N–H and O–H groups in total. The van der Waals surface area contributed by atoms with Crippen molar-refractivity contribution in [2.45, 2.75) is 52.2 Å². The van der Waals surface area contributed by atoms with Gasteiger partial charge >= 0.3 is 0 Å². The number of hydrogen-bond donors (Lipinski definition) is 1. The maximum atomic E-state index is 13.3. The Morgan fingerprint density at radius 2 is 1.94 bits per heavy atom. The van der Waals surface area contributed by atoms with Crippen LogP contribution >= 0.6 is 0 Å². The first-order valence-corrected chi connectivity index (χ1v) is 11.3. The second kappa shape index (κ2) is 10.3. The maximum absolute atomic E-state index is 13.3. The summed E-state index contributed by atoms with van der Waals surface area (Å²) in [6.07, 6.45) is 2.59. The van der Waals surface area contributed by atoms with E-state index in [-0.39, 0.29) is 42.4 Å². The lowest BCUT2D eigenvalue weighted by Crippen LogP contribution is -2.48. The predicted octanol–water partition coefficient (Wildman–Crippen LogP) is 2.78. The Kier molecular flexibility index (Phi) is 7.77. The van der Waals surface area contributed by atoms with E-state index in [0.717, 1.165) is 12.8 Å². The van der Waals surface area contributed by atoms with Crippen molar-refractivity contribution in [1.29, 1.82) is 0 Å². The van der Waals surface area contributed by atoms with Crippen molar-refractivity contribution >= 4 is 23.4 Å². The summed E-state index contributed by atoms with van der Waals surface area (Å²) in [5.41, 5.74) is 0.893. The van der Waals surface area contributed by atoms with Gasteiger partial charge in [0.1, 0.15) is 12.4 Å². The normalized spacial score (nSPS) is 24.7. The van der Waals surface area contributed by atoms with Crippen LogP contribution < -0.4 is 10.1 Å². The molecule has 3 rings (SSSR count). The van der Waals surface area contributed by atoms with Gasteiger partial charge < -0.3 is 24.6 Å². The van der Waals surface area contributed by atoms with E-state index in [1.807, 2.05) is 18.7 Å². The van der Waals surface area contributed by atoms with E-state index in [0.29, 0.717) is 42.4 Å². The number of ether oxygens (including phenoxy) is 2. The number of benzene rings is 1. The molecule has 8 heteroatoms. The van der Waals surface area contributed by atoms with Crippen LogP contribution in [0.2, 0.25) is 0 Å². The van der Waals surface area contributed by atoms with Crippen molar-refractivity contribution in [2.75, 3.05) is 39.2 Å². The van der Waals surface area contributed by atoms with E-state index in [2.05, 4.69) is 5.32 Å². The first-order chi connectivity index (χ1) is 15.2. The monoisotopic (exact) mass is 445 g/mol. The van der Waals surface area contributed by atoms with Crippen LogP contribution in [0.5, 0.6) is 5.75 Å². The molecule has 3 amide bonds. The zero-order valence-electron chi connectivity index (χ0n) is 19.7. The van der Waals surface area contributed by atoms with Crippen molar-refractivity contribution in [3.05, 3.63) is 23.8 Å². The lowest BCUT2D eigenvalue weighted by Gasteiger charge is -2.36. The van der Waals surface area contributed by atoms with Crippen LogP contribution in [-0.4, -0.2) is 73.5 Å². The summed E-state index contributed by atoms with van der Waals surface area (Å²) < 4.78 is 11.8. The van der Waals surface area contributed by atoms with Crippen LogP contribution in [0.1, 0.15) is 50.4 Å². The number of carbonyl (C=O) groups excluding carboxylic acids is 3. The average molecular weight is 446 g/mol. The molecule has 32 heavy (non-hydrogen) atoms. The molecule has 1 aromatic carbocycles. The highest BCUT2D eigenvalue weighted by molar-refractivity contribution is 5.99. The summed E-state index contributed by atoms with van der Waals surface area (Å²) in [7, 11) is 3.36. The summed E-state index contributed by atoms with van der Waals surface area (Å²) in [6.45, 7) is 6.63. The Balaban J connectivity index is 1.93. The molecule has 0 spiro atoms. The van der Waals surface area contributed by atoms with Gasteiger partial charge in [-0.05, 0) is 43.9 Å². The van der Waals surface area contributed by atoms with Crippen molar-refractivity contribution < 1.29 is 23.9 Å². The van der Waals surface area contributed by atoms with Gasteiger partial charge in [-0.15, -0.1) is 0 Å². The fourth-order valence-corrected chi connectivity index (χ4v) is 4.09. The number of anilines is 1. The van der Waals surface area contributed by atoms with Crippen LogP contribution in [0.4, 0.5) is 5.69 Å². The molecule has 176 valence electrons. The smallest absolute Gasteiger partial charge is 0.257 e. The topological polar surface area (TPSA) is 88.2 Å². The average Bonchev–Trinajstić information content (AvgIpc) is 3.56. The first-order valence-electron chi connectivity index (χ1n) is 11.3. The summed E-state index contributed by atoms with van der Waals surface area (Å²) in [4.78, 5) is 41.3. The standard InChI is InChI=1S/C24H35N3O5/c1-15-12-27(23(29)10-18-6-7-18)16(2)14-32-21-9-8-19(25-17(3)28)11-20(21)24(30)26(4)13-22(15)31-5/h8-9,11,15-16,18,22H,6-7,10,12-14H2,1-5H3,(H,25,28)/t15-,16-,22+/m0/s1. The largest absolute Gasteiger partial charge is 0.491 e. The number of nitrogens with zero attached hydrogens (tertiary/aromatic N) is 2. The Morgan fingerprint density at radius 1 is 1.22 bits per heavy atom. The second-order valence-electron chi connectivity index (χ2n) is 9.18. The summed E-state index contributed by atoms with van der Waals surface area (Å²) in [5.74, 6) is 0.684. The summed E-state index contributed by atoms with van der Waals surface area (Å²) >= 11 is 0. The molecule has 0 radical (unpaired) electrons. The molecule has 1 aliphatic carbocycles. The van der Waals surface area contributed by atoms with Gasteiger partial charge in [-0.2, -0.15) is 0 Å². The first kappa shape index (κ1) is 24.0. The molecular formula is C24H35N3O5. The minimum absolute atomic E-state index is 0.0328. The molecular weight excluding hydrogens is 410 g/mol. The molecule has 1 fully saturated rings. The van der Waals surface area contributed by atoms with Crippen LogP contribution in [0.25, 0.3) is 0 Å². The predicted molar refractivity (Wildman–Crippen MR) is 122 cm³/mol. The minimum atomic E-state index is -0.227. The number of likely N-dealkylation sites (N-methyl/N-ethyl adjacent to an activating group) is 1. The quantitative estimate of drug-likeness (QED) is 0.770. The SMILES string of the molecule is CO[C@@H]1CN(C)C(=O)c2cc(NC(C)=O)ccc2OC[C@H](C)N(C(=O)CC2CC2)C[C@@H]1C. The van der Waals surface area contributed by atoms with Gasteiger partial charge in [0.2, 0.25) is 11.8 Å². The van der Waals surface area contributed by atoms with Crippen molar-refractivity contribution in [3.63, 3.8) is 0 Å². The highest BCUT2D eigenvalue weighted by Gasteiger charge is 2.33. The molecule has 2 aliphatic rings. The third kappa shape index (κ3) is 6.00. The summed E-state index contributed by atoms with van der Waals surface area (Å²) in [5, 5.41) is 2.72. The lowest BCUT2D eigenvalue weighted by molar-refractivity contribution is -0.135. The number of rotatable bonds is 4. The highest BCUT2D eigenvalue weighted by atomic mass is 16.5. The van der Waals surface area contributed by atoms with E-state index in [9.17, 15) is 14.4 Å². The van der Waals surface area contributed by atoms with Gasteiger partial charge in [0, 0.05) is 52.2 Å². The van der Waals surface area contributed by atoms with Gasteiger partial charge in [0.15, 0.2) is 0 Å². The maximum Gasteiger partial charge on any atom is 0.257 e. The minimum Gasteiger partial charge on any atom is -0.491 e. The lowest BCUT2D eigenvalue weighted by atomic mass is 10.0. The number of amides is 3. The number of nitrogens with one attached hydrogen (secondary N) is 1.